The lowest BCUT2D eigenvalue weighted by Crippen LogP contribution is -2.53. The Bertz CT molecular complexity index is 1290. The van der Waals surface area contributed by atoms with E-state index in [0.29, 0.717) is 22.9 Å². The van der Waals surface area contributed by atoms with Crippen molar-refractivity contribution in [2.45, 2.75) is 38.9 Å². The molecule has 0 atom stereocenters. The minimum Gasteiger partial charge on any atom is -0.508 e. The number of anilines is 1. The van der Waals surface area contributed by atoms with Gasteiger partial charge in [0.25, 0.3) is 5.91 Å². The number of rotatable bonds is 7. The number of phenols is 2. The fraction of sp³-hybridized carbons (Fsp3) is 0.400. The first kappa shape index (κ1) is 26.9. The summed E-state index contributed by atoms with van der Waals surface area (Å²) in [6.45, 7) is 8.85. The molecule has 5 rings (SSSR count). The van der Waals surface area contributed by atoms with Crippen molar-refractivity contribution in [2.75, 3.05) is 44.2 Å². The molecule has 0 bridgehead atoms. The van der Waals surface area contributed by atoms with Crippen molar-refractivity contribution in [3.05, 3.63) is 82.8 Å². The zero-order chi connectivity index (χ0) is 27.4. The zero-order valence-corrected chi connectivity index (χ0v) is 22.3. The molecule has 206 valence electrons. The Kier molecular flexibility index (Phi) is 8.28. The first-order valence-electron chi connectivity index (χ1n) is 13.6. The number of pyridine rings is 1. The van der Waals surface area contributed by atoms with E-state index in [1.165, 1.54) is 17.7 Å². The number of carbonyl (C=O) groups is 1. The molecule has 0 aliphatic carbocycles. The smallest absolute Gasteiger partial charge is 0.253 e. The van der Waals surface area contributed by atoms with Gasteiger partial charge in [0.2, 0.25) is 0 Å². The predicted molar refractivity (Wildman–Crippen MR) is 148 cm³/mol. The molecule has 3 aromatic rings. The molecule has 2 aliphatic heterocycles. The van der Waals surface area contributed by atoms with Crippen LogP contribution in [0.2, 0.25) is 0 Å². The largest absolute Gasteiger partial charge is 0.508 e. The number of nitrogens with one attached hydrogen (secondary N) is 1. The second kappa shape index (κ2) is 12.0. The van der Waals surface area contributed by atoms with Gasteiger partial charge in [-0.15, -0.1) is 0 Å². The number of halogens is 1. The fourth-order valence-corrected chi connectivity index (χ4v) is 5.58. The Balaban J connectivity index is 1.09. The maximum atomic E-state index is 13.9. The van der Waals surface area contributed by atoms with E-state index in [0.717, 1.165) is 76.1 Å². The van der Waals surface area contributed by atoms with Gasteiger partial charge in [-0.05, 0) is 68.2 Å². The molecule has 2 aliphatic rings. The molecule has 1 amide bonds. The van der Waals surface area contributed by atoms with E-state index in [9.17, 15) is 19.4 Å². The highest BCUT2D eigenvalue weighted by atomic mass is 19.1. The Morgan fingerprint density at radius 2 is 1.67 bits per heavy atom. The minimum absolute atomic E-state index is 0.0312. The maximum Gasteiger partial charge on any atom is 0.253 e. The highest BCUT2D eigenvalue weighted by Crippen LogP contribution is 2.24. The van der Waals surface area contributed by atoms with Gasteiger partial charge in [0.15, 0.2) is 0 Å². The Labute approximate surface area is 228 Å². The molecule has 2 saturated heterocycles. The number of piperidine rings is 1. The molecule has 3 N–H and O–H groups in total. The number of hydrogen-bond acceptors (Lipinski definition) is 7. The summed E-state index contributed by atoms with van der Waals surface area (Å²) in [5.74, 6) is 0.193. The number of hydrogen-bond donors (Lipinski definition) is 3. The second-order valence-electron chi connectivity index (χ2n) is 10.5. The summed E-state index contributed by atoms with van der Waals surface area (Å²) in [5.41, 5.74) is 2.92. The van der Waals surface area contributed by atoms with Crippen molar-refractivity contribution in [3.63, 3.8) is 0 Å². The monoisotopic (exact) mass is 533 g/mol. The molecule has 0 radical (unpaired) electrons. The SMILES string of the molecule is Cc1cc(C(=O)NCc2ccc(O)cc2F)cnc1N1CCN(C2CCN(Cc3ccc(O)cc3)CC2)CC1. The van der Waals surface area contributed by atoms with Crippen LogP contribution in [0.15, 0.2) is 54.7 Å². The maximum absolute atomic E-state index is 13.9. The molecule has 9 heteroatoms. The van der Waals surface area contributed by atoms with E-state index in [2.05, 4.69) is 25.0 Å². The lowest BCUT2D eigenvalue weighted by atomic mass is 10.0. The molecule has 1 aromatic heterocycles. The Morgan fingerprint density at radius 1 is 0.974 bits per heavy atom. The summed E-state index contributed by atoms with van der Waals surface area (Å²) in [6.07, 6.45) is 3.90. The van der Waals surface area contributed by atoms with Crippen LogP contribution in [0.4, 0.5) is 10.2 Å². The van der Waals surface area contributed by atoms with Crippen LogP contribution in [0.3, 0.4) is 0 Å². The van der Waals surface area contributed by atoms with Crippen molar-refractivity contribution in [3.8, 4) is 11.5 Å². The van der Waals surface area contributed by atoms with Crippen molar-refractivity contribution >= 4 is 11.7 Å². The summed E-state index contributed by atoms with van der Waals surface area (Å²) >= 11 is 0. The van der Waals surface area contributed by atoms with E-state index >= 15 is 0 Å². The third-order valence-electron chi connectivity index (χ3n) is 7.82. The van der Waals surface area contributed by atoms with Crippen molar-refractivity contribution in [2.24, 2.45) is 0 Å². The number of aromatic nitrogens is 1. The summed E-state index contributed by atoms with van der Waals surface area (Å²) in [6, 6.07) is 13.8. The molecule has 2 aromatic carbocycles. The number of aryl methyl sites for hydroxylation is 1. The number of nitrogens with zero attached hydrogens (tertiary/aromatic N) is 4. The van der Waals surface area contributed by atoms with Crippen LogP contribution in [0, 0.1) is 12.7 Å². The number of piperazine rings is 1. The summed E-state index contributed by atoms with van der Waals surface area (Å²) in [4.78, 5) is 24.6. The van der Waals surface area contributed by atoms with Crippen molar-refractivity contribution in [1.82, 2.24) is 20.1 Å². The lowest BCUT2D eigenvalue weighted by molar-refractivity contribution is 0.0950. The van der Waals surface area contributed by atoms with Crippen LogP contribution in [0.5, 0.6) is 11.5 Å². The number of aromatic hydroxyl groups is 2. The first-order valence-corrected chi connectivity index (χ1v) is 13.6. The zero-order valence-electron chi connectivity index (χ0n) is 22.3. The van der Waals surface area contributed by atoms with Gasteiger partial charge >= 0.3 is 0 Å². The normalized spacial score (nSPS) is 17.3. The van der Waals surface area contributed by atoms with E-state index in [4.69, 9.17) is 0 Å². The fourth-order valence-electron chi connectivity index (χ4n) is 5.58. The lowest BCUT2D eigenvalue weighted by Gasteiger charge is -2.43. The summed E-state index contributed by atoms with van der Waals surface area (Å²) in [7, 11) is 0. The standard InChI is InChI=1S/C30H36FN5O3/c1-21-16-24(30(39)33-18-23-4-7-27(38)17-28(23)31)19-32-29(21)36-14-12-35(13-15-36)25-8-10-34(11-9-25)20-22-2-5-26(37)6-3-22/h2-7,16-17,19,25,37-38H,8-15,18,20H2,1H3,(H,33,39). The molecule has 0 unspecified atom stereocenters. The van der Waals surface area contributed by atoms with Gasteiger partial charge in [-0.2, -0.15) is 0 Å². The van der Waals surface area contributed by atoms with Crippen molar-refractivity contribution in [1.29, 1.82) is 0 Å². The molecule has 0 spiro atoms. The van der Waals surface area contributed by atoms with Crippen LogP contribution < -0.4 is 10.2 Å². The number of benzene rings is 2. The molecule has 3 heterocycles. The minimum atomic E-state index is -0.557. The highest BCUT2D eigenvalue weighted by Gasteiger charge is 2.28. The van der Waals surface area contributed by atoms with E-state index in [1.807, 2.05) is 25.1 Å². The van der Waals surface area contributed by atoms with Crippen LogP contribution in [0.25, 0.3) is 0 Å². The molecule has 8 nitrogen and oxygen atoms in total. The van der Waals surface area contributed by atoms with Gasteiger partial charge in [0.05, 0.1) is 5.56 Å². The van der Waals surface area contributed by atoms with Crippen LogP contribution in [-0.2, 0) is 13.1 Å². The predicted octanol–water partition coefficient (Wildman–Crippen LogP) is 3.66. The van der Waals surface area contributed by atoms with Crippen LogP contribution in [-0.4, -0.2) is 76.2 Å². The highest BCUT2D eigenvalue weighted by molar-refractivity contribution is 5.94. The number of phenolic OH excluding ortho intramolecular Hbond substituents is 2. The van der Waals surface area contributed by atoms with Gasteiger partial charge < -0.3 is 20.4 Å². The molecular formula is C30H36FN5O3. The molecule has 0 saturated carbocycles. The second-order valence-corrected chi connectivity index (χ2v) is 10.5. The third-order valence-corrected chi connectivity index (χ3v) is 7.82. The number of carbonyl (C=O) groups excluding carboxylic acids is 1. The first-order chi connectivity index (χ1) is 18.9. The Hall–Kier alpha value is -3.69. The average molecular weight is 534 g/mol. The van der Waals surface area contributed by atoms with Gasteiger partial charge in [0, 0.05) is 63.1 Å². The topological polar surface area (TPSA) is 92.2 Å². The summed E-state index contributed by atoms with van der Waals surface area (Å²) in [5, 5.41) is 21.6. The van der Waals surface area contributed by atoms with Gasteiger partial charge in [-0.1, -0.05) is 18.2 Å². The molecular weight excluding hydrogens is 497 g/mol. The van der Waals surface area contributed by atoms with Gasteiger partial charge in [-0.25, -0.2) is 9.37 Å². The number of likely N-dealkylation sites (tertiary alicyclic amines) is 1. The Morgan fingerprint density at radius 3 is 2.33 bits per heavy atom. The number of amides is 1. The third kappa shape index (κ3) is 6.66. The summed E-state index contributed by atoms with van der Waals surface area (Å²) < 4.78 is 13.9. The quantitative estimate of drug-likeness (QED) is 0.427. The van der Waals surface area contributed by atoms with Crippen LogP contribution in [0.1, 0.15) is 39.9 Å². The van der Waals surface area contributed by atoms with Gasteiger partial charge in [-0.3, -0.25) is 14.6 Å². The average Bonchev–Trinajstić information content (AvgIpc) is 2.94. The molecule has 2 fully saturated rings. The van der Waals surface area contributed by atoms with Crippen LogP contribution >= 0.6 is 0 Å². The van der Waals surface area contributed by atoms with Crippen molar-refractivity contribution < 1.29 is 19.4 Å². The van der Waals surface area contributed by atoms with Gasteiger partial charge in [0.1, 0.15) is 23.1 Å². The van der Waals surface area contributed by atoms with E-state index in [1.54, 1.807) is 18.3 Å². The van der Waals surface area contributed by atoms with E-state index < -0.39 is 5.82 Å². The molecule has 39 heavy (non-hydrogen) atoms. The van der Waals surface area contributed by atoms with E-state index in [-0.39, 0.29) is 18.2 Å².